The second-order valence-corrected chi connectivity index (χ2v) is 6.17. The molecule has 0 fully saturated rings. The molecule has 0 aliphatic rings. The zero-order valence-electron chi connectivity index (χ0n) is 14.5. The number of rotatable bonds is 8. The fourth-order valence-corrected chi connectivity index (χ4v) is 2.91. The van der Waals surface area contributed by atoms with Crippen LogP contribution < -0.4 is 5.32 Å². The molecular weight excluding hydrogens is 359 g/mol. The van der Waals surface area contributed by atoms with Crippen molar-refractivity contribution in [3.63, 3.8) is 0 Å². The van der Waals surface area contributed by atoms with Gasteiger partial charge in [0.05, 0.1) is 5.52 Å². The van der Waals surface area contributed by atoms with Crippen LogP contribution in [0.1, 0.15) is 33.6 Å². The summed E-state index contributed by atoms with van der Waals surface area (Å²) in [6, 6.07) is 8.35. The number of hydrogen-bond acceptors (Lipinski definition) is 3. The van der Waals surface area contributed by atoms with Crippen LogP contribution in [0.5, 0.6) is 0 Å². The molecule has 0 radical (unpaired) electrons. The topological polar surface area (TPSA) is 28.2 Å². The average molecular weight is 385 g/mol. The third-order valence-electron chi connectivity index (χ3n) is 4.11. The van der Waals surface area contributed by atoms with E-state index in [0.717, 1.165) is 41.1 Å². The van der Waals surface area contributed by atoms with Gasteiger partial charge in [0.15, 0.2) is 0 Å². The van der Waals surface area contributed by atoms with Crippen LogP contribution in [0.2, 0.25) is 5.02 Å². The zero-order chi connectivity index (χ0) is 15.9. The van der Waals surface area contributed by atoms with Crippen LogP contribution in [0.4, 0.5) is 5.69 Å². The van der Waals surface area contributed by atoms with Crippen molar-refractivity contribution in [1.82, 2.24) is 9.88 Å². The first-order chi connectivity index (χ1) is 10.6. The number of nitrogens with one attached hydrogen (secondary N) is 1. The summed E-state index contributed by atoms with van der Waals surface area (Å²) in [7, 11) is 0. The maximum Gasteiger partial charge on any atom is 0.0737 e. The van der Waals surface area contributed by atoms with Crippen molar-refractivity contribution in [2.45, 2.75) is 39.7 Å². The summed E-state index contributed by atoms with van der Waals surface area (Å²) in [6.07, 6.45) is 4.21. The molecule has 0 spiro atoms. The molecule has 2 aromatic rings. The van der Waals surface area contributed by atoms with E-state index in [4.69, 9.17) is 11.6 Å². The summed E-state index contributed by atoms with van der Waals surface area (Å²) < 4.78 is 0. The van der Waals surface area contributed by atoms with Gasteiger partial charge in [0.25, 0.3) is 0 Å². The summed E-state index contributed by atoms with van der Waals surface area (Å²) in [6.45, 7) is 10.1. The van der Waals surface area contributed by atoms with Crippen LogP contribution in [-0.4, -0.2) is 35.6 Å². The van der Waals surface area contributed by atoms with Crippen molar-refractivity contribution in [2.75, 3.05) is 25.0 Å². The van der Waals surface area contributed by atoms with Crippen LogP contribution in [0, 0.1) is 0 Å². The molecule has 122 valence electrons. The van der Waals surface area contributed by atoms with Crippen molar-refractivity contribution in [1.29, 1.82) is 0 Å². The van der Waals surface area contributed by atoms with Gasteiger partial charge >= 0.3 is 0 Å². The fraction of sp³-hybridized carbons (Fsp3) is 0.500. The molecule has 0 amide bonds. The Balaban J connectivity index is 0.00000264. The Bertz CT molecular complexity index is 602. The second kappa shape index (κ2) is 10.2. The van der Waals surface area contributed by atoms with Gasteiger partial charge in [-0.25, -0.2) is 0 Å². The van der Waals surface area contributed by atoms with Gasteiger partial charge in [-0.15, -0.1) is 0 Å². The van der Waals surface area contributed by atoms with Crippen LogP contribution >= 0.6 is 11.6 Å². The quantitative estimate of drug-likeness (QED) is 0.662. The molecule has 1 atom stereocenters. The van der Waals surface area contributed by atoms with Gasteiger partial charge in [-0.05, 0) is 63.7 Å². The molecule has 3 nitrogen and oxygen atoms in total. The molecular formula is C18H26ClN3Zn. The molecule has 1 heterocycles. The summed E-state index contributed by atoms with van der Waals surface area (Å²) >= 11 is 6.04. The monoisotopic (exact) mass is 383 g/mol. The first-order valence-electron chi connectivity index (χ1n) is 8.17. The van der Waals surface area contributed by atoms with E-state index in [9.17, 15) is 0 Å². The Morgan fingerprint density at radius 1 is 1.22 bits per heavy atom. The molecule has 1 unspecified atom stereocenters. The van der Waals surface area contributed by atoms with E-state index in [1.165, 1.54) is 13.0 Å². The minimum absolute atomic E-state index is 0. The SMILES string of the molecule is CCN(CC)CCCC(C)Nc1ccnc2cc(Cl)ccc12.[Zn]. The fourth-order valence-electron chi connectivity index (χ4n) is 2.75. The van der Waals surface area contributed by atoms with Gasteiger partial charge in [-0.1, -0.05) is 25.4 Å². The number of halogens is 1. The number of aromatic nitrogens is 1. The molecule has 2 rings (SSSR count). The average Bonchev–Trinajstić information content (AvgIpc) is 2.51. The van der Waals surface area contributed by atoms with Crippen molar-refractivity contribution < 1.29 is 19.5 Å². The van der Waals surface area contributed by atoms with E-state index >= 15 is 0 Å². The van der Waals surface area contributed by atoms with E-state index in [1.54, 1.807) is 0 Å². The maximum absolute atomic E-state index is 6.04. The van der Waals surface area contributed by atoms with E-state index in [0.29, 0.717) is 6.04 Å². The van der Waals surface area contributed by atoms with Crippen molar-refractivity contribution in [3.05, 3.63) is 35.5 Å². The second-order valence-electron chi connectivity index (χ2n) is 5.73. The number of fused-ring (bicyclic) bond motifs is 1. The van der Waals surface area contributed by atoms with Gasteiger partial charge < -0.3 is 10.2 Å². The van der Waals surface area contributed by atoms with Gasteiger partial charge in [0.1, 0.15) is 0 Å². The molecule has 0 aliphatic heterocycles. The molecule has 0 saturated heterocycles. The van der Waals surface area contributed by atoms with E-state index < -0.39 is 0 Å². The van der Waals surface area contributed by atoms with Crippen molar-refractivity contribution in [3.8, 4) is 0 Å². The largest absolute Gasteiger partial charge is 0.382 e. The van der Waals surface area contributed by atoms with Gasteiger partial charge in [0.2, 0.25) is 0 Å². The predicted molar refractivity (Wildman–Crippen MR) is 96.9 cm³/mol. The summed E-state index contributed by atoms with van der Waals surface area (Å²) in [5, 5.41) is 5.47. The van der Waals surface area contributed by atoms with E-state index in [2.05, 4.69) is 36.0 Å². The van der Waals surface area contributed by atoms with Crippen LogP contribution in [0.15, 0.2) is 30.5 Å². The number of benzene rings is 1. The van der Waals surface area contributed by atoms with Crippen LogP contribution in [-0.2, 0) is 19.5 Å². The number of hydrogen-bond donors (Lipinski definition) is 1. The molecule has 0 aliphatic carbocycles. The molecule has 1 N–H and O–H groups in total. The minimum atomic E-state index is 0. The normalized spacial score (nSPS) is 12.2. The Hall–Kier alpha value is -0.697. The van der Waals surface area contributed by atoms with Crippen molar-refractivity contribution >= 4 is 28.2 Å². The molecule has 5 heteroatoms. The Morgan fingerprint density at radius 3 is 2.65 bits per heavy atom. The minimum Gasteiger partial charge on any atom is -0.382 e. The first kappa shape index (κ1) is 20.3. The number of nitrogens with zero attached hydrogens (tertiary/aromatic N) is 2. The Labute approximate surface area is 157 Å². The number of pyridine rings is 1. The molecule has 1 aromatic carbocycles. The third-order valence-corrected chi connectivity index (χ3v) is 4.35. The zero-order valence-corrected chi connectivity index (χ0v) is 18.2. The van der Waals surface area contributed by atoms with Gasteiger partial charge in [0, 0.05) is 47.8 Å². The molecule has 0 saturated carbocycles. The predicted octanol–water partition coefficient (Wildman–Crippen LogP) is 4.81. The van der Waals surface area contributed by atoms with Crippen LogP contribution in [0.3, 0.4) is 0 Å². The Kier molecular flexibility index (Phi) is 9.05. The standard InChI is InChI=1S/C18H26ClN3.Zn/c1-4-22(5-2)12-6-7-14(3)21-17-10-11-20-18-13-15(19)8-9-16(17)18;/h8-11,13-14H,4-7,12H2,1-3H3,(H,20,21);. The smallest absolute Gasteiger partial charge is 0.0737 e. The molecule has 23 heavy (non-hydrogen) atoms. The van der Waals surface area contributed by atoms with Gasteiger partial charge in [-0.3, -0.25) is 4.98 Å². The van der Waals surface area contributed by atoms with Crippen molar-refractivity contribution in [2.24, 2.45) is 0 Å². The summed E-state index contributed by atoms with van der Waals surface area (Å²) in [4.78, 5) is 6.86. The summed E-state index contributed by atoms with van der Waals surface area (Å²) in [5.74, 6) is 0. The Morgan fingerprint density at radius 2 is 1.96 bits per heavy atom. The van der Waals surface area contributed by atoms with Gasteiger partial charge in [-0.2, -0.15) is 0 Å². The maximum atomic E-state index is 6.04. The third kappa shape index (κ3) is 6.02. The van der Waals surface area contributed by atoms with E-state index in [1.807, 2.05) is 30.5 Å². The molecule has 1 aromatic heterocycles. The number of anilines is 1. The summed E-state index contributed by atoms with van der Waals surface area (Å²) in [5.41, 5.74) is 2.07. The first-order valence-corrected chi connectivity index (χ1v) is 8.55. The molecule has 0 bridgehead atoms. The van der Waals surface area contributed by atoms with E-state index in [-0.39, 0.29) is 19.5 Å². The van der Waals surface area contributed by atoms with Crippen LogP contribution in [0.25, 0.3) is 10.9 Å².